The molecule has 1 aromatic heterocycles. The molecular weight excluding hydrogens is 484 g/mol. The molecule has 196 valence electrons. The number of aromatic nitrogens is 1. The van der Waals surface area contributed by atoms with Crippen LogP contribution in [0.2, 0.25) is 0 Å². The Kier molecular flexibility index (Phi) is 5.55. The zero-order valence-electron chi connectivity index (χ0n) is 23.1. The SMILES string of the molecule is CC1c2cc(N(C3=CCCC=C3)c3ccc4c(c3)c3c(n4-c4ccccc4)CCC=C3)ccc2C2=CC=CCC21. The summed E-state index contributed by atoms with van der Waals surface area (Å²) in [7, 11) is 0. The Hall–Kier alpha value is -4.30. The number of hydrogen-bond acceptors (Lipinski definition) is 1. The molecule has 1 heterocycles. The van der Waals surface area contributed by atoms with Crippen molar-refractivity contribution in [2.75, 3.05) is 4.90 Å². The first-order chi connectivity index (χ1) is 19.8. The van der Waals surface area contributed by atoms with E-state index in [0.29, 0.717) is 11.8 Å². The van der Waals surface area contributed by atoms with Crippen molar-refractivity contribution < 1.29 is 0 Å². The van der Waals surface area contributed by atoms with E-state index in [1.807, 2.05) is 0 Å². The summed E-state index contributed by atoms with van der Waals surface area (Å²) >= 11 is 0. The van der Waals surface area contributed by atoms with E-state index in [0.717, 1.165) is 32.1 Å². The lowest BCUT2D eigenvalue weighted by Gasteiger charge is -2.28. The lowest BCUT2D eigenvalue weighted by molar-refractivity contribution is 0.587. The molecule has 3 aromatic carbocycles. The molecule has 2 nitrogen and oxygen atoms in total. The van der Waals surface area contributed by atoms with E-state index < -0.39 is 0 Å². The summed E-state index contributed by atoms with van der Waals surface area (Å²) in [5, 5.41) is 1.33. The van der Waals surface area contributed by atoms with E-state index in [1.54, 1.807) is 0 Å². The van der Waals surface area contributed by atoms with Gasteiger partial charge in [-0.25, -0.2) is 0 Å². The normalized spacial score (nSPS) is 20.6. The van der Waals surface area contributed by atoms with Crippen LogP contribution < -0.4 is 4.90 Å². The van der Waals surface area contributed by atoms with Crippen LogP contribution in [-0.4, -0.2) is 4.57 Å². The third-order valence-electron chi connectivity index (χ3n) is 9.33. The predicted molar refractivity (Wildman–Crippen MR) is 169 cm³/mol. The second-order valence-corrected chi connectivity index (χ2v) is 11.6. The number of allylic oxidation sites excluding steroid dienone is 8. The summed E-state index contributed by atoms with van der Waals surface area (Å²) in [5.41, 5.74) is 13.5. The van der Waals surface area contributed by atoms with Crippen molar-refractivity contribution in [3.63, 3.8) is 0 Å². The molecule has 0 bridgehead atoms. The molecule has 0 radical (unpaired) electrons. The molecule has 0 aliphatic heterocycles. The van der Waals surface area contributed by atoms with Crippen LogP contribution in [0.25, 0.3) is 28.2 Å². The van der Waals surface area contributed by atoms with Crippen LogP contribution in [0, 0.1) is 5.92 Å². The first kappa shape index (κ1) is 23.6. The van der Waals surface area contributed by atoms with Crippen molar-refractivity contribution in [3.05, 3.63) is 137 Å². The number of fused-ring (bicyclic) bond motifs is 6. The maximum Gasteiger partial charge on any atom is 0.0539 e. The van der Waals surface area contributed by atoms with Gasteiger partial charge in [-0.05, 0) is 109 Å². The van der Waals surface area contributed by atoms with Crippen molar-refractivity contribution in [2.24, 2.45) is 5.92 Å². The van der Waals surface area contributed by atoms with Gasteiger partial charge in [0.15, 0.2) is 0 Å². The third-order valence-corrected chi connectivity index (χ3v) is 9.33. The smallest absolute Gasteiger partial charge is 0.0539 e. The van der Waals surface area contributed by atoms with E-state index in [1.165, 1.54) is 61.6 Å². The van der Waals surface area contributed by atoms with Crippen LogP contribution in [0.4, 0.5) is 11.4 Å². The molecule has 0 N–H and O–H groups in total. The summed E-state index contributed by atoms with van der Waals surface area (Å²) in [6, 6.07) is 25.1. The highest BCUT2D eigenvalue weighted by molar-refractivity contribution is 5.96. The maximum atomic E-state index is 2.48. The van der Waals surface area contributed by atoms with Crippen LogP contribution >= 0.6 is 0 Å². The third kappa shape index (κ3) is 3.63. The number of para-hydroxylation sites is 1. The van der Waals surface area contributed by atoms with Gasteiger partial charge in [-0.2, -0.15) is 0 Å². The fourth-order valence-corrected chi connectivity index (χ4v) is 7.39. The zero-order chi connectivity index (χ0) is 26.6. The molecule has 4 aromatic rings. The summed E-state index contributed by atoms with van der Waals surface area (Å²) in [6.45, 7) is 2.41. The fourth-order valence-electron chi connectivity index (χ4n) is 7.39. The van der Waals surface area contributed by atoms with Crippen LogP contribution in [0.15, 0.2) is 115 Å². The number of benzene rings is 3. The molecule has 4 aliphatic rings. The molecular formula is C38H34N2. The fraction of sp³-hybridized carbons (Fsp3) is 0.211. The van der Waals surface area contributed by atoms with E-state index in [-0.39, 0.29) is 0 Å². The highest BCUT2D eigenvalue weighted by Crippen LogP contribution is 2.50. The van der Waals surface area contributed by atoms with Crippen LogP contribution in [-0.2, 0) is 6.42 Å². The molecule has 2 unspecified atom stereocenters. The van der Waals surface area contributed by atoms with Crippen LogP contribution in [0.5, 0.6) is 0 Å². The van der Waals surface area contributed by atoms with Gasteiger partial charge in [0.1, 0.15) is 0 Å². The second kappa shape index (κ2) is 9.41. The Morgan fingerprint density at radius 2 is 1.68 bits per heavy atom. The first-order valence-corrected chi connectivity index (χ1v) is 14.8. The predicted octanol–water partition coefficient (Wildman–Crippen LogP) is 10.0. The van der Waals surface area contributed by atoms with Crippen molar-refractivity contribution in [1.82, 2.24) is 4.57 Å². The molecule has 2 atom stereocenters. The monoisotopic (exact) mass is 518 g/mol. The lowest BCUT2D eigenvalue weighted by Crippen LogP contribution is -2.16. The Labute approximate surface area is 237 Å². The van der Waals surface area contributed by atoms with Gasteiger partial charge in [0.2, 0.25) is 0 Å². The minimum atomic E-state index is 0.531. The van der Waals surface area contributed by atoms with Gasteiger partial charge >= 0.3 is 0 Å². The number of anilines is 2. The standard InChI is InChI=1S/C38H34N2/c1-26-31-16-8-9-17-32(31)33-22-20-29(24-35(26)33)39(27-12-4-2-5-13-27)30-21-23-38-36(25-30)34-18-10-11-19-37(34)40(38)28-14-6-3-7-15-28/h3-4,6-10,12-15,17-18,20-26,31H,2,5,11,16,19H2,1H3. The molecule has 0 fully saturated rings. The summed E-state index contributed by atoms with van der Waals surface area (Å²) in [4.78, 5) is 2.48. The van der Waals surface area contributed by atoms with E-state index in [9.17, 15) is 0 Å². The Morgan fingerprint density at radius 1 is 0.825 bits per heavy atom. The largest absolute Gasteiger partial charge is 0.313 e. The van der Waals surface area contributed by atoms with Crippen LogP contribution in [0.1, 0.15) is 60.9 Å². The molecule has 0 saturated heterocycles. The van der Waals surface area contributed by atoms with E-state index in [4.69, 9.17) is 0 Å². The topological polar surface area (TPSA) is 8.17 Å². The molecule has 0 saturated carbocycles. The molecule has 4 aliphatic carbocycles. The van der Waals surface area contributed by atoms with Crippen LogP contribution in [0.3, 0.4) is 0 Å². The minimum Gasteiger partial charge on any atom is -0.313 e. The number of hydrogen-bond donors (Lipinski definition) is 0. The number of nitrogens with zero attached hydrogens (tertiary/aromatic N) is 2. The van der Waals surface area contributed by atoms with Gasteiger partial charge < -0.3 is 9.47 Å². The van der Waals surface area contributed by atoms with Crippen molar-refractivity contribution >= 4 is 33.9 Å². The average Bonchev–Trinajstić information content (AvgIpc) is 3.50. The van der Waals surface area contributed by atoms with Crippen molar-refractivity contribution in [3.8, 4) is 5.69 Å². The van der Waals surface area contributed by atoms with Gasteiger partial charge in [0.25, 0.3) is 0 Å². The highest BCUT2D eigenvalue weighted by atomic mass is 15.1. The highest BCUT2D eigenvalue weighted by Gasteiger charge is 2.34. The van der Waals surface area contributed by atoms with Gasteiger partial charge in [0, 0.05) is 39.4 Å². The Morgan fingerprint density at radius 3 is 2.55 bits per heavy atom. The van der Waals surface area contributed by atoms with Gasteiger partial charge in [-0.3, -0.25) is 0 Å². The average molecular weight is 519 g/mol. The van der Waals surface area contributed by atoms with E-state index >= 15 is 0 Å². The second-order valence-electron chi connectivity index (χ2n) is 11.6. The molecule has 0 amide bonds. The molecule has 2 heteroatoms. The maximum absolute atomic E-state index is 2.48. The quantitative estimate of drug-likeness (QED) is 0.261. The van der Waals surface area contributed by atoms with Gasteiger partial charge in [-0.15, -0.1) is 0 Å². The molecule has 8 rings (SSSR count). The van der Waals surface area contributed by atoms with Gasteiger partial charge in [0.05, 0.1) is 5.52 Å². The summed E-state index contributed by atoms with van der Waals surface area (Å²) in [6.07, 6.45) is 24.1. The van der Waals surface area contributed by atoms with Crippen molar-refractivity contribution in [1.29, 1.82) is 0 Å². The van der Waals surface area contributed by atoms with Crippen molar-refractivity contribution in [2.45, 2.75) is 44.9 Å². The Bertz CT molecular complexity index is 1790. The molecule has 40 heavy (non-hydrogen) atoms. The summed E-state index contributed by atoms with van der Waals surface area (Å²) in [5.74, 6) is 1.13. The number of rotatable bonds is 4. The van der Waals surface area contributed by atoms with E-state index in [2.05, 4.69) is 132 Å². The zero-order valence-corrected chi connectivity index (χ0v) is 23.1. The molecule has 0 spiro atoms. The minimum absolute atomic E-state index is 0.531. The first-order valence-electron chi connectivity index (χ1n) is 14.8. The lowest BCUT2D eigenvalue weighted by atomic mass is 9.86. The Balaban J connectivity index is 1.30. The van der Waals surface area contributed by atoms with Gasteiger partial charge in [-0.1, -0.05) is 73.7 Å². The summed E-state index contributed by atoms with van der Waals surface area (Å²) < 4.78 is 2.47.